The number of aromatic nitrogens is 1. The van der Waals surface area contributed by atoms with Crippen LogP contribution in [-0.2, 0) is 13.0 Å². The lowest BCUT2D eigenvalue weighted by molar-refractivity contribution is 0.513. The van der Waals surface area contributed by atoms with Gasteiger partial charge in [-0.1, -0.05) is 48.5 Å². The Balaban J connectivity index is 1.63. The van der Waals surface area contributed by atoms with E-state index in [2.05, 4.69) is 91.4 Å². The number of aryl methyl sites for hydroxylation is 1. The Bertz CT molecular complexity index is 771. The summed E-state index contributed by atoms with van der Waals surface area (Å²) >= 11 is 0. The van der Waals surface area contributed by atoms with E-state index < -0.39 is 0 Å². The van der Waals surface area contributed by atoms with Crippen LogP contribution in [0.4, 0.5) is 0 Å². The standard InChI is InChI=1S/C22H28N2/c1-17(2)24-16-20(21-11-7-8-12-22(21)24)15-23-18(3)13-14-19-9-5-4-6-10-19/h4-12,16-18,23H,13-15H2,1-3H3/t18-/m0/s1. The molecule has 1 atom stereocenters. The average Bonchev–Trinajstić information content (AvgIpc) is 2.98. The lowest BCUT2D eigenvalue weighted by atomic mass is 10.1. The molecule has 2 nitrogen and oxygen atoms in total. The van der Waals surface area contributed by atoms with Crippen molar-refractivity contribution in [2.75, 3.05) is 0 Å². The van der Waals surface area contributed by atoms with Crippen molar-refractivity contribution in [3.8, 4) is 0 Å². The molecule has 0 aliphatic carbocycles. The molecule has 24 heavy (non-hydrogen) atoms. The molecule has 0 amide bonds. The molecular formula is C22H28N2. The third kappa shape index (κ3) is 3.88. The van der Waals surface area contributed by atoms with Gasteiger partial charge in [0.1, 0.15) is 0 Å². The number of fused-ring (bicyclic) bond motifs is 1. The Labute approximate surface area is 145 Å². The second-order valence-corrected chi connectivity index (χ2v) is 6.98. The zero-order chi connectivity index (χ0) is 16.9. The van der Waals surface area contributed by atoms with Gasteiger partial charge in [-0.3, -0.25) is 0 Å². The van der Waals surface area contributed by atoms with Crippen molar-refractivity contribution < 1.29 is 0 Å². The van der Waals surface area contributed by atoms with Crippen LogP contribution >= 0.6 is 0 Å². The molecule has 0 bridgehead atoms. The predicted molar refractivity (Wildman–Crippen MR) is 103 cm³/mol. The first-order valence-electron chi connectivity index (χ1n) is 9.01. The molecule has 3 aromatic rings. The van der Waals surface area contributed by atoms with Gasteiger partial charge in [0.05, 0.1) is 0 Å². The smallest absolute Gasteiger partial charge is 0.0486 e. The molecule has 2 heteroatoms. The molecular weight excluding hydrogens is 292 g/mol. The van der Waals surface area contributed by atoms with Crippen LogP contribution in [0.15, 0.2) is 60.8 Å². The van der Waals surface area contributed by atoms with Gasteiger partial charge in [-0.25, -0.2) is 0 Å². The van der Waals surface area contributed by atoms with E-state index in [9.17, 15) is 0 Å². The Morgan fingerprint density at radius 2 is 1.62 bits per heavy atom. The summed E-state index contributed by atoms with van der Waals surface area (Å²) in [5.74, 6) is 0. The highest BCUT2D eigenvalue weighted by atomic mass is 15.0. The SMILES string of the molecule is CC(C)n1cc(CN[C@@H](C)CCc2ccccc2)c2ccccc21. The molecule has 1 aromatic heterocycles. The van der Waals surface area contributed by atoms with Gasteiger partial charge in [-0.15, -0.1) is 0 Å². The van der Waals surface area contributed by atoms with Gasteiger partial charge < -0.3 is 9.88 Å². The Hall–Kier alpha value is -2.06. The summed E-state index contributed by atoms with van der Waals surface area (Å²) in [5, 5.41) is 5.07. The number of hydrogen-bond acceptors (Lipinski definition) is 1. The van der Waals surface area contributed by atoms with Gasteiger partial charge in [0.25, 0.3) is 0 Å². The summed E-state index contributed by atoms with van der Waals surface area (Å²) in [6.07, 6.45) is 4.60. The maximum absolute atomic E-state index is 3.70. The normalized spacial score (nSPS) is 12.8. The fourth-order valence-electron chi connectivity index (χ4n) is 3.26. The van der Waals surface area contributed by atoms with E-state index in [4.69, 9.17) is 0 Å². The Kier molecular flexibility index (Phi) is 5.37. The van der Waals surface area contributed by atoms with Crippen LogP contribution in [0.3, 0.4) is 0 Å². The number of nitrogens with zero attached hydrogens (tertiary/aromatic N) is 1. The van der Waals surface area contributed by atoms with Crippen LogP contribution in [-0.4, -0.2) is 10.6 Å². The van der Waals surface area contributed by atoms with E-state index in [1.54, 1.807) is 0 Å². The molecule has 0 radical (unpaired) electrons. The quantitative estimate of drug-likeness (QED) is 0.622. The summed E-state index contributed by atoms with van der Waals surface area (Å²) in [4.78, 5) is 0. The second kappa shape index (κ2) is 7.67. The minimum Gasteiger partial charge on any atom is -0.345 e. The summed E-state index contributed by atoms with van der Waals surface area (Å²) in [6, 6.07) is 20.4. The van der Waals surface area contributed by atoms with Gasteiger partial charge in [0.2, 0.25) is 0 Å². The molecule has 0 saturated heterocycles. The number of nitrogens with one attached hydrogen (secondary N) is 1. The summed E-state index contributed by atoms with van der Waals surface area (Å²) in [7, 11) is 0. The highest BCUT2D eigenvalue weighted by molar-refractivity contribution is 5.84. The number of hydrogen-bond donors (Lipinski definition) is 1. The molecule has 1 heterocycles. The van der Waals surface area contributed by atoms with Crippen molar-refractivity contribution in [1.29, 1.82) is 0 Å². The Morgan fingerprint density at radius 3 is 2.38 bits per heavy atom. The monoisotopic (exact) mass is 320 g/mol. The van der Waals surface area contributed by atoms with E-state index in [1.807, 2.05) is 0 Å². The Morgan fingerprint density at radius 1 is 0.917 bits per heavy atom. The van der Waals surface area contributed by atoms with Crippen LogP contribution in [0.2, 0.25) is 0 Å². The van der Waals surface area contributed by atoms with Crippen LogP contribution in [0.25, 0.3) is 10.9 Å². The molecule has 2 aromatic carbocycles. The first kappa shape index (κ1) is 16.8. The van der Waals surface area contributed by atoms with Crippen LogP contribution in [0.1, 0.15) is 44.4 Å². The van der Waals surface area contributed by atoms with Gasteiger partial charge >= 0.3 is 0 Å². The van der Waals surface area contributed by atoms with Crippen LogP contribution < -0.4 is 5.32 Å². The topological polar surface area (TPSA) is 17.0 Å². The molecule has 3 rings (SSSR count). The van der Waals surface area contributed by atoms with E-state index in [-0.39, 0.29) is 0 Å². The van der Waals surface area contributed by atoms with E-state index in [1.165, 1.54) is 22.0 Å². The van der Waals surface area contributed by atoms with Crippen molar-refractivity contribution in [1.82, 2.24) is 9.88 Å². The third-order valence-corrected chi connectivity index (χ3v) is 4.73. The number of benzene rings is 2. The van der Waals surface area contributed by atoms with Gasteiger partial charge in [-0.2, -0.15) is 0 Å². The number of para-hydroxylation sites is 1. The predicted octanol–water partition coefficient (Wildman–Crippen LogP) is 5.33. The molecule has 0 saturated carbocycles. The average molecular weight is 320 g/mol. The highest BCUT2D eigenvalue weighted by Gasteiger charge is 2.11. The zero-order valence-corrected chi connectivity index (χ0v) is 15.0. The fraction of sp³-hybridized carbons (Fsp3) is 0.364. The van der Waals surface area contributed by atoms with Crippen molar-refractivity contribution in [2.45, 2.75) is 52.2 Å². The minimum absolute atomic E-state index is 0.485. The van der Waals surface area contributed by atoms with Crippen molar-refractivity contribution in [3.05, 3.63) is 71.9 Å². The summed E-state index contributed by atoms with van der Waals surface area (Å²) in [5.41, 5.74) is 4.15. The van der Waals surface area contributed by atoms with Gasteiger partial charge in [0, 0.05) is 35.7 Å². The first-order valence-corrected chi connectivity index (χ1v) is 9.01. The fourth-order valence-corrected chi connectivity index (χ4v) is 3.26. The first-order chi connectivity index (χ1) is 11.6. The van der Waals surface area contributed by atoms with Crippen LogP contribution in [0, 0.1) is 0 Å². The molecule has 126 valence electrons. The van der Waals surface area contributed by atoms with Crippen LogP contribution in [0.5, 0.6) is 0 Å². The van der Waals surface area contributed by atoms with Gasteiger partial charge in [-0.05, 0) is 50.8 Å². The lowest BCUT2D eigenvalue weighted by Crippen LogP contribution is -2.25. The number of rotatable bonds is 7. The summed E-state index contributed by atoms with van der Waals surface area (Å²) < 4.78 is 2.38. The maximum Gasteiger partial charge on any atom is 0.0486 e. The molecule has 0 spiro atoms. The second-order valence-electron chi connectivity index (χ2n) is 6.98. The van der Waals surface area contributed by atoms with Crippen molar-refractivity contribution >= 4 is 10.9 Å². The maximum atomic E-state index is 3.70. The lowest BCUT2D eigenvalue weighted by Gasteiger charge is -2.13. The molecule has 0 aliphatic heterocycles. The molecule has 0 fully saturated rings. The van der Waals surface area contributed by atoms with Crippen molar-refractivity contribution in [2.24, 2.45) is 0 Å². The zero-order valence-electron chi connectivity index (χ0n) is 15.0. The molecule has 0 aliphatic rings. The van der Waals surface area contributed by atoms with Crippen molar-refractivity contribution in [3.63, 3.8) is 0 Å². The summed E-state index contributed by atoms with van der Waals surface area (Å²) in [6.45, 7) is 7.69. The van der Waals surface area contributed by atoms with E-state index >= 15 is 0 Å². The largest absolute Gasteiger partial charge is 0.345 e. The third-order valence-electron chi connectivity index (χ3n) is 4.73. The highest BCUT2D eigenvalue weighted by Crippen LogP contribution is 2.24. The van der Waals surface area contributed by atoms with E-state index in [0.29, 0.717) is 12.1 Å². The molecule has 0 unspecified atom stereocenters. The van der Waals surface area contributed by atoms with E-state index in [0.717, 1.165) is 19.4 Å². The minimum atomic E-state index is 0.485. The molecule has 1 N–H and O–H groups in total. The van der Waals surface area contributed by atoms with Gasteiger partial charge in [0.15, 0.2) is 0 Å².